The van der Waals surface area contributed by atoms with Crippen molar-refractivity contribution < 1.29 is 14.7 Å². The van der Waals surface area contributed by atoms with Crippen molar-refractivity contribution in [1.82, 2.24) is 4.90 Å². The minimum atomic E-state index is -0.781. The highest BCUT2D eigenvalue weighted by molar-refractivity contribution is 5.80. The second-order valence-electron chi connectivity index (χ2n) is 4.84. The summed E-state index contributed by atoms with van der Waals surface area (Å²) in [4.78, 5) is 24.5. The second-order valence-corrected chi connectivity index (χ2v) is 4.84. The Hall–Kier alpha value is -1.06. The van der Waals surface area contributed by atoms with Crippen LogP contribution in [-0.4, -0.2) is 34.5 Å². The van der Waals surface area contributed by atoms with Crippen molar-refractivity contribution in [3.05, 3.63) is 0 Å². The molecule has 1 aliphatic rings. The molecule has 1 fully saturated rings. The molecule has 0 aliphatic carbocycles. The summed E-state index contributed by atoms with van der Waals surface area (Å²) >= 11 is 0. The number of carbonyl (C=O) groups is 2. The first-order valence-electron chi connectivity index (χ1n) is 5.99. The van der Waals surface area contributed by atoms with Crippen LogP contribution in [0.5, 0.6) is 0 Å². The Labute approximate surface area is 96.6 Å². The van der Waals surface area contributed by atoms with Gasteiger partial charge in [-0.15, -0.1) is 0 Å². The minimum absolute atomic E-state index is 0.109. The number of carboxylic acid groups (broad SMARTS) is 1. The summed E-state index contributed by atoms with van der Waals surface area (Å²) in [5.41, 5.74) is 0. The number of carbonyl (C=O) groups excluding carboxylic acids is 1. The molecule has 92 valence electrons. The van der Waals surface area contributed by atoms with Crippen LogP contribution in [0.1, 0.15) is 40.0 Å². The predicted octanol–water partition coefficient (Wildman–Crippen LogP) is 1.74. The summed E-state index contributed by atoms with van der Waals surface area (Å²) in [6.45, 7) is 6.57. The molecule has 0 saturated carbocycles. The van der Waals surface area contributed by atoms with E-state index in [1.54, 1.807) is 4.90 Å². The van der Waals surface area contributed by atoms with Crippen molar-refractivity contribution in [2.45, 2.75) is 46.1 Å². The molecule has 1 N–H and O–H groups in total. The normalized spacial score (nSPS) is 23.6. The number of amides is 1. The predicted molar refractivity (Wildman–Crippen MR) is 61.0 cm³/mol. The standard InChI is InChI=1S/C12H21NO3/c1-4-10(8(2)3)13-7-9(12(15)16)5-6-11(13)14/h8-10H,4-7H2,1-3H3,(H,15,16). The van der Waals surface area contributed by atoms with Gasteiger partial charge in [0.25, 0.3) is 0 Å². The molecule has 2 unspecified atom stereocenters. The fraction of sp³-hybridized carbons (Fsp3) is 0.833. The number of carboxylic acids is 1. The molecule has 1 saturated heterocycles. The third-order valence-corrected chi connectivity index (χ3v) is 3.38. The van der Waals surface area contributed by atoms with E-state index in [1.807, 2.05) is 6.92 Å². The molecule has 1 rings (SSSR count). The lowest BCUT2D eigenvalue weighted by Gasteiger charge is -2.38. The first-order valence-corrected chi connectivity index (χ1v) is 5.99. The molecular weight excluding hydrogens is 206 g/mol. The molecule has 2 atom stereocenters. The van der Waals surface area contributed by atoms with Crippen LogP contribution in [0.4, 0.5) is 0 Å². The van der Waals surface area contributed by atoms with E-state index in [4.69, 9.17) is 5.11 Å². The van der Waals surface area contributed by atoms with Crippen molar-refractivity contribution >= 4 is 11.9 Å². The maximum atomic E-state index is 11.8. The van der Waals surface area contributed by atoms with Gasteiger partial charge in [0.2, 0.25) is 5.91 Å². The van der Waals surface area contributed by atoms with Crippen LogP contribution in [0.15, 0.2) is 0 Å². The quantitative estimate of drug-likeness (QED) is 0.796. The Morgan fingerprint density at radius 3 is 2.62 bits per heavy atom. The van der Waals surface area contributed by atoms with E-state index in [2.05, 4.69) is 13.8 Å². The van der Waals surface area contributed by atoms with Crippen molar-refractivity contribution in [3.63, 3.8) is 0 Å². The van der Waals surface area contributed by atoms with E-state index in [-0.39, 0.29) is 17.9 Å². The van der Waals surface area contributed by atoms with Crippen molar-refractivity contribution in [3.8, 4) is 0 Å². The maximum absolute atomic E-state index is 11.8. The zero-order chi connectivity index (χ0) is 12.3. The van der Waals surface area contributed by atoms with Gasteiger partial charge in [-0.3, -0.25) is 9.59 Å². The molecule has 16 heavy (non-hydrogen) atoms. The average Bonchev–Trinajstić information content (AvgIpc) is 2.20. The van der Waals surface area contributed by atoms with Crippen LogP contribution in [0, 0.1) is 11.8 Å². The third kappa shape index (κ3) is 2.74. The molecule has 0 aromatic heterocycles. The van der Waals surface area contributed by atoms with Crippen LogP contribution in [0.2, 0.25) is 0 Å². The number of aliphatic carboxylic acids is 1. The highest BCUT2D eigenvalue weighted by Gasteiger charge is 2.34. The van der Waals surface area contributed by atoms with E-state index < -0.39 is 5.97 Å². The van der Waals surface area contributed by atoms with Crippen molar-refractivity contribution in [2.75, 3.05) is 6.54 Å². The van der Waals surface area contributed by atoms with Gasteiger partial charge in [-0.1, -0.05) is 20.8 Å². The van der Waals surface area contributed by atoms with Gasteiger partial charge in [-0.2, -0.15) is 0 Å². The number of nitrogens with zero attached hydrogens (tertiary/aromatic N) is 1. The van der Waals surface area contributed by atoms with E-state index >= 15 is 0 Å². The summed E-state index contributed by atoms with van der Waals surface area (Å²) in [5.74, 6) is -0.679. The van der Waals surface area contributed by atoms with Gasteiger partial charge in [0.1, 0.15) is 0 Å². The molecule has 0 aromatic rings. The Balaban J connectivity index is 2.75. The van der Waals surface area contributed by atoms with E-state index in [0.29, 0.717) is 25.3 Å². The van der Waals surface area contributed by atoms with E-state index in [9.17, 15) is 9.59 Å². The summed E-state index contributed by atoms with van der Waals surface area (Å²) in [5, 5.41) is 9.00. The minimum Gasteiger partial charge on any atom is -0.481 e. The number of rotatable bonds is 4. The Morgan fingerprint density at radius 1 is 1.56 bits per heavy atom. The molecule has 4 nitrogen and oxygen atoms in total. The highest BCUT2D eigenvalue weighted by atomic mass is 16.4. The van der Waals surface area contributed by atoms with Crippen molar-refractivity contribution in [2.24, 2.45) is 11.8 Å². The number of hydrogen-bond donors (Lipinski definition) is 1. The van der Waals surface area contributed by atoms with Gasteiger partial charge in [-0.05, 0) is 18.8 Å². The molecule has 1 amide bonds. The van der Waals surface area contributed by atoms with E-state index in [0.717, 1.165) is 6.42 Å². The van der Waals surface area contributed by atoms with Gasteiger partial charge < -0.3 is 10.0 Å². The Kier molecular flexibility index (Phi) is 4.33. The third-order valence-electron chi connectivity index (χ3n) is 3.38. The SMILES string of the molecule is CCC(C(C)C)N1CC(C(=O)O)CCC1=O. The lowest BCUT2D eigenvalue weighted by atomic mass is 9.92. The lowest BCUT2D eigenvalue weighted by molar-refractivity contribution is -0.149. The largest absolute Gasteiger partial charge is 0.481 e. The molecule has 0 radical (unpaired) electrons. The van der Waals surface area contributed by atoms with Gasteiger partial charge in [0.15, 0.2) is 0 Å². The van der Waals surface area contributed by atoms with Crippen LogP contribution >= 0.6 is 0 Å². The molecule has 4 heteroatoms. The fourth-order valence-electron chi connectivity index (χ4n) is 2.45. The second kappa shape index (κ2) is 5.32. The average molecular weight is 227 g/mol. The first kappa shape index (κ1) is 13.0. The van der Waals surface area contributed by atoms with Crippen LogP contribution < -0.4 is 0 Å². The topological polar surface area (TPSA) is 57.6 Å². The smallest absolute Gasteiger partial charge is 0.308 e. The number of likely N-dealkylation sites (tertiary alicyclic amines) is 1. The van der Waals surface area contributed by atoms with Crippen molar-refractivity contribution in [1.29, 1.82) is 0 Å². The van der Waals surface area contributed by atoms with Gasteiger partial charge in [-0.25, -0.2) is 0 Å². The fourth-order valence-corrected chi connectivity index (χ4v) is 2.45. The molecule has 1 heterocycles. The Morgan fingerprint density at radius 2 is 2.19 bits per heavy atom. The molecule has 1 aliphatic heterocycles. The first-order chi connectivity index (χ1) is 7.47. The number of hydrogen-bond acceptors (Lipinski definition) is 2. The molecule has 0 aromatic carbocycles. The zero-order valence-electron chi connectivity index (χ0n) is 10.3. The lowest BCUT2D eigenvalue weighted by Crippen LogP contribution is -2.49. The van der Waals surface area contributed by atoms with Gasteiger partial charge in [0, 0.05) is 19.0 Å². The Bertz CT molecular complexity index is 275. The zero-order valence-corrected chi connectivity index (χ0v) is 10.3. The van der Waals surface area contributed by atoms with Crippen LogP contribution in [0.25, 0.3) is 0 Å². The number of piperidine rings is 1. The summed E-state index contributed by atoms with van der Waals surface area (Å²) < 4.78 is 0. The van der Waals surface area contributed by atoms with E-state index in [1.165, 1.54) is 0 Å². The monoisotopic (exact) mass is 227 g/mol. The summed E-state index contributed by atoms with van der Waals surface area (Å²) in [6, 6.07) is 0.176. The summed E-state index contributed by atoms with van der Waals surface area (Å²) in [6.07, 6.45) is 1.75. The highest BCUT2D eigenvalue weighted by Crippen LogP contribution is 2.24. The maximum Gasteiger partial charge on any atom is 0.308 e. The molecule has 0 bridgehead atoms. The summed E-state index contributed by atoms with van der Waals surface area (Å²) in [7, 11) is 0. The van der Waals surface area contributed by atoms with Crippen LogP contribution in [0.3, 0.4) is 0 Å². The van der Waals surface area contributed by atoms with Gasteiger partial charge >= 0.3 is 5.97 Å². The molecule has 0 spiro atoms. The molecular formula is C12H21NO3. The van der Waals surface area contributed by atoms with Crippen LogP contribution in [-0.2, 0) is 9.59 Å². The van der Waals surface area contributed by atoms with Gasteiger partial charge in [0.05, 0.1) is 5.92 Å².